The zero-order valence-corrected chi connectivity index (χ0v) is 11.5. The van der Waals surface area contributed by atoms with E-state index in [2.05, 4.69) is 22.9 Å². The summed E-state index contributed by atoms with van der Waals surface area (Å²) in [5.41, 5.74) is 1.99. The average Bonchev–Trinajstić information content (AvgIpc) is 2.98. The number of aryl methyl sites for hydroxylation is 1. The third kappa shape index (κ3) is 2.24. The van der Waals surface area contributed by atoms with Crippen molar-refractivity contribution in [1.29, 1.82) is 5.26 Å². The van der Waals surface area contributed by atoms with E-state index in [1.54, 1.807) is 11.3 Å². The maximum absolute atomic E-state index is 9.71. The van der Waals surface area contributed by atoms with E-state index in [0.717, 1.165) is 30.6 Å². The molecule has 0 N–H and O–H groups in total. The quantitative estimate of drug-likeness (QED) is 0.846. The average molecular weight is 269 g/mol. The van der Waals surface area contributed by atoms with E-state index in [9.17, 15) is 5.26 Å². The van der Waals surface area contributed by atoms with Crippen molar-refractivity contribution in [2.45, 2.75) is 24.7 Å². The molecular weight excluding hydrogens is 254 g/mol. The smallest absolute Gasteiger partial charge is 0.124 e. The van der Waals surface area contributed by atoms with Gasteiger partial charge in [0.05, 0.1) is 18.1 Å². The Labute approximate surface area is 117 Å². The van der Waals surface area contributed by atoms with Crippen molar-refractivity contribution in [3.05, 3.63) is 52.2 Å². The normalized spacial score (nSPS) is 21.2. The van der Waals surface area contributed by atoms with Crippen LogP contribution in [0.2, 0.25) is 0 Å². The first-order chi connectivity index (χ1) is 9.34. The van der Waals surface area contributed by atoms with E-state index in [1.165, 1.54) is 5.56 Å². The minimum absolute atomic E-state index is 0.392. The van der Waals surface area contributed by atoms with Crippen LogP contribution in [0.25, 0.3) is 0 Å². The second-order valence-electron chi connectivity index (χ2n) is 4.92. The molecule has 0 saturated heterocycles. The Kier molecular flexibility index (Phi) is 3.27. The minimum atomic E-state index is -0.392. The summed E-state index contributed by atoms with van der Waals surface area (Å²) >= 11 is 1.71. The molecule has 1 aliphatic heterocycles. The summed E-state index contributed by atoms with van der Waals surface area (Å²) in [7, 11) is 0. The van der Waals surface area contributed by atoms with Gasteiger partial charge < -0.3 is 4.74 Å². The van der Waals surface area contributed by atoms with Gasteiger partial charge in [-0.2, -0.15) is 16.6 Å². The van der Waals surface area contributed by atoms with Crippen LogP contribution in [0.4, 0.5) is 0 Å². The minimum Gasteiger partial charge on any atom is -0.493 e. The Morgan fingerprint density at radius 1 is 1.32 bits per heavy atom. The van der Waals surface area contributed by atoms with Crippen molar-refractivity contribution in [1.82, 2.24) is 0 Å². The van der Waals surface area contributed by atoms with Gasteiger partial charge in [-0.05, 0) is 41.3 Å². The van der Waals surface area contributed by atoms with Crippen LogP contribution >= 0.6 is 11.3 Å². The summed E-state index contributed by atoms with van der Waals surface area (Å²) in [6, 6.07) is 12.6. The molecular formula is C16H15NOS. The van der Waals surface area contributed by atoms with Crippen LogP contribution in [0.5, 0.6) is 5.75 Å². The lowest BCUT2D eigenvalue weighted by molar-refractivity contribution is 0.236. The van der Waals surface area contributed by atoms with Crippen molar-refractivity contribution < 1.29 is 4.74 Å². The molecule has 0 saturated carbocycles. The van der Waals surface area contributed by atoms with Gasteiger partial charge in [-0.25, -0.2) is 0 Å². The van der Waals surface area contributed by atoms with Gasteiger partial charge in [-0.3, -0.25) is 0 Å². The Bertz CT molecular complexity index is 599. The number of fused-ring (bicyclic) bond motifs is 1. The summed E-state index contributed by atoms with van der Waals surface area (Å²) in [6.45, 7) is 0.633. The summed E-state index contributed by atoms with van der Waals surface area (Å²) in [5, 5.41) is 14.0. The third-order valence-electron chi connectivity index (χ3n) is 3.82. The summed E-state index contributed by atoms with van der Waals surface area (Å²) in [5.74, 6) is 0.876. The van der Waals surface area contributed by atoms with E-state index in [1.807, 2.05) is 24.3 Å². The molecule has 1 aliphatic rings. The van der Waals surface area contributed by atoms with E-state index in [4.69, 9.17) is 4.74 Å². The Balaban J connectivity index is 1.90. The number of para-hydroxylation sites is 1. The van der Waals surface area contributed by atoms with Crippen molar-refractivity contribution in [2.24, 2.45) is 0 Å². The van der Waals surface area contributed by atoms with E-state index < -0.39 is 5.41 Å². The van der Waals surface area contributed by atoms with Crippen molar-refractivity contribution in [3.8, 4) is 11.8 Å². The molecule has 1 aromatic carbocycles. The number of rotatable bonds is 3. The molecule has 3 heteroatoms. The van der Waals surface area contributed by atoms with Crippen molar-refractivity contribution in [2.75, 3.05) is 6.61 Å². The Morgan fingerprint density at radius 2 is 2.21 bits per heavy atom. The zero-order valence-electron chi connectivity index (χ0n) is 10.6. The molecule has 0 spiro atoms. The SMILES string of the molecule is N#CC1(CCc2ccsc2)CCOc2ccccc21. The topological polar surface area (TPSA) is 33.0 Å². The van der Waals surface area contributed by atoms with Crippen molar-refractivity contribution >= 4 is 11.3 Å². The van der Waals surface area contributed by atoms with E-state index >= 15 is 0 Å². The van der Waals surface area contributed by atoms with Gasteiger partial charge in [0.15, 0.2) is 0 Å². The maximum atomic E-state index is 9.71. The molecule has 0 amide bonds. The molecule has 2 heterocycles. The predicted octanol–water partition coefficient (Wildman–Crippen LogP) is 3.92. The van der Waals surface area contributed by atoms with Gasteiger partial charge >= 0.3 is 0 Å². The Morgan fingerprint density at radius 3 is 3.00 bits per heavy atom. The molecule has 1 unspecified atom stereocenters. The lowest BCUT2D eigenvalue weighted by Gasteiger charge is -2.33. The van der Waals surface area contributed by atoms with Gasteiger partial charge in [-0.15, -0.1) is 0 Å². The second kappa shape index (κ2) is 5.07. The van der Waals surface area contributed by atoms with Crippen LogP contribution in [0, 0.1) is 11.3 Å². The number of nitriles is 1. The van der Waals surface area contributed by atoms with Crippen LogP contribution in [0.15, 0.2) is 41.1 Å². The molecule has 96 valence electrons. The van der Waals surface area contributed by atoms with Crippen LogP contribution in [-0.4, -0.2) is 6.61 Å². The molecule has 2 aromatic rings. The number of ether oxygens (including phenoxy) is 1. The number of hydrogen-bond donors (Lipinski definition) is 0. The lowest BCUT2D eigenvalue weighted by Crippen LogP contribution is -2.32. The molecule has 2 nitrogen and oxygen atoms in total. The molecule has 19 heavy (non-hydrogen) atoms. The van der Waals surface area contributed by atoms with Crippen LogP contribution in [0.3, 0.4) is 0 Å². The molecule has 1 atom stereocenters. The van der Waals surface area contributed by atoms with Crippen molar-refractivity contribution in [3.63, 3.8) is 0 Å². The fourth-order valence-electron chi connectivity index (χ4n) is 2.68. The fraction of sp³-hybridized carbons (Fsp3) is 0.312. The van der Waals surface area contributed by atoms with Crippen LogP contribution in [0.1, 0.15) is 24.0 Å². The standard InChI is InChI=1S/C16H15NOS/c17-12-16(7-5-13-6-10-19-11-13)8-9-18-15-4-2-1-3-14(15)16/h1-4,6,10-11H,5,7-9H2. The molecule has 0 fully saturated rings. The second-order valence-corrected chi connectivity index (χ2v) is 5.70. The van der Waals surface area contributed by atoms with Gasteiger partial charge in [0.2, 0.25) is 0 Å². The highest BCUT2D eigenvalue weighted by atomic mass is 32.1. The number of nitrogens with zero attached hydrogens (tertiary/aromatic N) is 1. The van der Waals surface area contributed by atoms with Gasteiger partial charge in [0, 0.05) is 12.0 Å². The number of hydrogen-bond acceptors (Lipinski definition) is 3. The summed E-state index contributed by atoms with van der Waals surface area (Å²) < 4.78 is 5.67. The largest absolute Gasteiger partial charge is 0.493 e. The van der Waals surface area contributed by atoms with Gasteiger partial charge in [0.1, 0.15) is 5.75 Å². The maximum Gasteiger partial charge on any atom is 0.124 e. The molecule has 0 radical (unpaired) electrons. The molecule has 3 rings (SSSR count). The fourth-order valence-corrected chi connectivity index (χ4v) is 3.39. The summed E-state index contributed by atoms with van der Waals surface area (Å²) in [6.07, 6.45) is 2.59. The van der Waals surface area contributed by atoms with Gasteiger partial charge in [0.25, 0.3) is 0 Å². The first-order valence-electron chi connectivity index (χ1n) is 6.49. The van der Waals surface area contributed by atoms with Gasteiger partial charge in [-0.1, -0.05) is 18.2 Å². The molecule has 0 bridgehead atoms. The predicted molar refractivity (Wildman–Crippen MR) is 76.5 cm³/mol. The highest BCUT2D eigenvalue weighted by molar-refractivity contribution is 7.07. The third-order valence-corrected chi connectivity index (χ3v) is 4.56. The molecule has 0 aliphatic carbocycles. The van der Waals surface area contributed by atoms with Crippen LogP contribution < -0.4 is 4.74 Å². The monoisotopic (exact) mass is 269 g/mol. The number of thiophene rings is 1. The highest BCUT2D eigenvalue weighted by Crippen LogP contribution is 2.41. The van der Waals surface area contributed by atoms with E-state index in [-0.39, 0.29) is 0 Å². The lowest BCUT2D eigenvalue weighted by atomic mass is 9.73. The van der Waals surface area contributed by atoms with E-state index in [0.29, 0.717) is 6.61 Å². The Hall–Kier alpha value is -1.79. The highest BCUT2D eigenvalue weighted by Gasteiger charge is 2.37. The zero-order chi connectivity index (χ0) is 13.1. The van der Waals surface area contributed by atoms with Crippen LogP contribution in [-0.2, 0) is 11.8 Å². The first kappa shape index (κ1) is 12.3. The summed E-state index contributed by atoms with van der Waals surface area (Å²) in [4.78, 5) is 0. The first-order valence-corrected chi connectivity index (χ1v) is 7.43. The number of benzene rings is 1. The molecule has 1 aromatic heterocycles.